The molecule has 2 N–H and O–H groups in total. The van der Waals surface area contributed by atoms with Gasteiger partial charge in [-0.2, -0.15) is 0 Å². The van der Waals surface area contributed by atoms with E-state index >= 15 is 0 Å². The lowest BCUT2D eigenvalue weighted by atomic mass is 9.90. The summed E-state index contributed by atoms with van der Waals surface area (Å²) in [4.78, 5) is 14.3. The van der Waals surface area contributed by atoms with Crippen molar-refractivity contribution in [1.29, 1.82) is 0 Å². The Morgan fingerprint density at radius 3 is 2.95 bits per heavy atom. The van der Waals surface area contributed by atoms with Crippen LogP contribution in [0.25, 0.3) is 0 Å². The normalized spacial score (nSPS) is 23.5. The molecular weight excluding hydrogens is 267 g/mol. The van der Waals surface area contributed by atoms with Crippen LogP contribution in [0, 0.1) is 11.7 Å². The smallest absolute Gasteiger partial charge is 0.255 e. The molecule has 1 aliphatic heterocycles. The third-order valence-electron chi connectivity index (χ3n) is 3.78. The van der Waals surface area contributed by atoms with Crippen molar-refractivity contribution in [1.82, 2.24) is 4.90 Å². The van der Waals surface area contributed by atoms with Crippen molar-refractivity contribution in [2.24, 2.45) is 11.7 Å². The van der Waals surface area contributed by atoms with Crippen molar-refractivity contribution in [3.63, 3.8) is 0 Å². The molecule has 19 heavy (non-hydrogen) atoms. The topological polar surface area (TPSA) is 46.3 Å². The third-order valence-corrected chi connectivity index (χ3v) is 4.09. The minimum Gasteiger partial charge on any atom is -0.334 e. The van der Waals surface area contributed by atoms with E-state index < -0.39 is 5.82 Å². The molecule has 2 atom stereocenters. The number of nitrogens with two attached hydrogens (primary N) is 1. The molecule has 2 rings (SSSR count). The van der Waals surface area contributed by atoms with Gasteiger partial charge in [0.25, 0.3) is 5.91 Å². The van der Waals surface area contributed by atoms with Crippen molar-refractivity contribution in [2.75, 3.05) is 13.1 Å². The standard InChI is InChI=1S/C14H18ClFN2O/c1-9-3-2-6-18(13(9)8-17)14(19)11-5-4-10(16)7-12(11)15/h4-5,7,9,13H,2-3,6,8,17H2,1H3/t9-,13-/m1/s1. The van der Waals surface area contributed by atoms with Gasteiger partial charge >= 0.3 is 0 Å². The number of halogens is 2. The Kier molecular flexibility index (Phi) is 4.42. The summed E-state index contributed by atoms with van der Waals surface area (Å²) in [7, 11) is 0. The fourth-order valence-corrected chi connectivity index (χ4v) is 2.93. The van der Waals surface area contributed by atoms with E-state index in [1.54, 1.807) is 4.90 Å². The van der Waals surface area contributed by atoms with Crippen LogP contribution in [0.2, 0.25) is 5.02 Å². The number of carbonyl (C=O) groups excluding carboxylic acids is 1. The lowest BCUT2D eigenvalue weighted by Gasteiger charge is -2.39. The van der Waals surface area contributed by atoms with Crippen molar-refractivity contribution >= 4 is 17.5 Å². The number of nitrogens with zero attached hydrogens (tertiary/aromatic N) is 1. The molecule has 1 amide bonds. The molecule has 1 heterocycles. The average Bonchev–Trinajstić information content (AvgIpc) is 2.37. The number of carbonyl (C=O) groups is 1. The maximum absolute atomic E-state index is 13.0. The lowest BCUT2D eigenvalue weighted by molar-refractivity contribution is 0.0532. The van der Waals surface area contributed by atoms with E-state index in [-0.39, 0.29) is 17.0 Å². The Bertz CT molecular complexity index is 481. The van der Waals surface area contributed by atoms with Gasteiger partial charge < -0.3 is 10.6 Å². The number of likely N-dealkylation sites (tertiary alicyclic amines) is 1. The number of amides is 1. The summed E-state index contributed by atoms with van der Waals surface area (Å²) in [5.41, 5.74) is 6.12. The Morgan fingerprint density at radius 1 is 1.58 bits per heavy atom. The minimum absolute atomic E-state index is 0.0300. The van der Waals surface area contributed by atoms with Gasteiger partial charge in [-0.15, -0.1) is 0 Å². The summed E-state index contributed by atoms with van der Waals surface area (Å²) in [5, 5.41) is 0.152. The number of hydrogen-bond donors (Lipinski definition) is 1. The van der Waals surface area contributed by atoms with E-state index in [0.717, 1.165) is 12.8 Å². The van der Waals surface area contributed by atoms with Gasteiger partial charge in [-0.05, 0) is 37.0 Å². The van der Waals surface area contributed by atoms with Gasteiger partial charge in [-0.3, -0.25) is 4.79 Å². The molecule has 3 nitrogen and oxygen atoms in total. The molecule has 0 unspecified atom stereocenters. The first kappa shape index (κ1) is 14.3. The SMILES string of the molecule is C[C@@H]1CCCN(C(=O)c2ccc(F)cc2Cl)[C@@H]1CN. The van der Waals surface area contributed by atoms with E-state index in [2.05, 4.69) is 6.92 Å². The average molecular weight is 285 g/mol. The fourth-order valence-electron chi connectivity index (χ4n) is 2.68. The van der Waals surface area contributed by atoms with Crippen LogP contribution < -0.4 is 5.73 Å². The van der Waals surface area contributed by atoms with Gasteiger partial charge in [-0.25, -0.2) is 4.39 Å². The monoisotopic (exact) mass is 284 g/mol. The molecule has 0 bridgehead atoms. The molecular formula is C14H18ClFN2O. The quantitative estimate of drug-likeness (QED) is 0.907. The van der Waals surface area contributed by atoms with Gasteiger partial charge in [-0.1, -0.05) is 18.5 Å². The van der Waals surface area contributed by atoms with Crippen LogP contribution in [0.5, 0.6) is 0 Å². The molecule has 5 heteroatoms. The van der Waals surface area contributed by atoms with Crippen LogP contribution in [0.3, 0.4) is 0 Å². The van der Waals surface area contributed by atoms with Crippen LogP contribution in [0.4, 0.5) is 4.39 Å². The molecule has 0 aromatic heterocycles. The van der Waals surface area contributed by atoms with E-state index in [4.69, 9.17) is 17.3 Å². The molecule has 1 aromatic carbocycles. The Labute approximate surface area is 117 Å². The number of benzene rings is 1. The maximum atomic E-state index is 13.0. The van der Waals surface area contributed by atoms with Crippen LogP contribution in [0.15, 0.2) is 18.2 Å². The summed E-state index contributed by atoms with van der Waals surface area (Å²) in [6.45, 7) is 3.22. The molecule has 1 fully saturated rings. The first-order chi connectivity index (χ1) is 9.04. The zero-order chi connectivity index (χ0) is 14.0. The zero-order valence-electron chi connectivity index (χ0n) is 10.9. The molecule has 1 aliphatic rings. The summed E-state index contributed by atoms with van der Waals surface area (Å²) in [5.74, 6) is -0.224. The van der Waals surface area contributed by atoms with Gasteiger partial charge in [0.05, 0.1) is 10.6 Å². The molecule has 0 radical (unpaired) electrons. The molecule has 0 aliphatic carbocycles. The highest BCUT2D eigenvalue weighted by atomic mass is 35.5. The van der Waals surface area contributed by atoms with Crippen molar-refractivity contribution < 1.29 is 9.18 Å². The molecule has 104 valence electrons. The third kappa shape index (κ3) is 2.90. The van der Waals surface area contributed by atoms with E-state index in [1.807, 2.05) is 0 Å². The second kappa shape index (κ2) is 5.88. The van der Waals surface area contributed by atoms with Gasteiger partial charge in [0.1, 0.15) is 5.82 Å². The lowest BCUT2D eigenvalue weighted by Crippen LogP contribution is -2.51. The summed E-state index contributed by atoms with van der Waals surface area (Å²) >= 11 is 5.95. The second-order valence-corrected chi connectivity index (χ2v) is 5.45. The predicted octanol–water partition coefficient (Wildman–Crippen LogP) is 2.68. The highest BCUT2D eigenvalue weighted by molar-refractivity contribution is 6.33. The molecule has 0 spiro atoms. The number of piperidine rings is 1. The Morgan fingerprint density at radius 2 is 2.32 bits per heavy atom. The summed E-state index contributed by atoms with van der Waals surface area (Å²) in [6.07, 6.45) is 2.03. The largest absolute Gasteiger partial charge is 0.334 e. The first-order valence-electron chi connectivity index (χ1n) is 6.50. The van der Waals surface area contributed by atoms with Gasteiger partial charge in [0.15, 0.2) is 0 Å². The fraction of sp³-hybridized carbons (Fsp3) is 0.500. The maximum Gasteiger partial charge on any atom is 0.255 e. The van der Waals surface area contributed by atoms with E-state index in [9.17, 15) is 9.18 Å². The van der Waals surface area contributed by atoms with Crippen molar-refractivity contribution in [3.8, 4) is 0 Å². The molecule has 1 saturated heterocycles. The van der Waals surface area contributed by atoms with Gasteiger partial charge in [0.2, 0.25) is 0 Å². The van der Waals surface area contributed by atoms with Crippen LogP contribution in [-0.4, -0.2) is 29.9 Å². The minimum atomic E-state index is -0.441. The Balaban J connectivity index is 2.27. The molecule has 0 saturated carbocycles. The van der Waals surface area contributed by atoms with Crippen molar-refractivity contribution in [2.45, 2.75) is 25.8 Å². The number of hydrogen-bond acceptors (Lipinski definition) is 2. The first-order valence-corrected chi connectivity index (χ1v) is 6.88. The van der Waals surface area contributed by atoms with E-state index in [1.165, 1.54) is 18.2 Å². The van der Waals surface area contributed by atoms with E-state index in [0.29, 0.717) is 24.6 Å². The highest BCUT2D eigenvalue weighted by Gasteiger charge is 2.32. The van der Waals surface area contributed by atoms with Crippen LogP contribution >= 0.6 is 11.6 Å². The highest BCUT2D eigenvalue weighted by Crippen LogP contribution is 2.26. The van der Waals surface area contributed by atoms with Crippen molar-refractivity contribution in [3.05, 3.63) is 34.6 Å². The summed E-state index contributed by atoms with van der Waals surface area (Å²) in [6, 6.07) is 3.89. The molecule has 1 aromatic rings. The summed E-state index contributed by atoms with van der Waals surface area (Å²) < 4.78 is 13.0. The van der Waals surface area contributed by atoms with Crippen LogP contribution in [0.1, 0.15) is 30.1 Å². The van der Waals surface area contributed by atoms with Gasteiger partial charge in [0, 0.05) is 19.1 Å². The predicted molar refractivity (Wildman–Crippen MR) is 73.7 cm³/mol. The Hall–Kier alpha value is -1.13. The number of rotatable bonds is 2. The zero-order valence-corrected chi connectivity index (χ0v) is 11.7. The van der Waals surface area contributed by atoms with Crippen LogP contribution in [-0.2, 0) is 0 Å². The second-order valence-electron chi connectivity index (χ2n) is 5.05.